The number of carboxylic acids is 1. The highest BCUT2D eigenvalue weighted by Gasteiger charge is 2.24. The Balaban J connectivity index is 1.42. The highest BCUT2D eigenvalue weighted by molar-refractivity contribution is 6.03. The fraction of sp³-hybridized carbons (Fsp3) is 0.172. The van der Waals surface area contributed by atoms with Crippen molar-refractivity contribution in [3.8, 4) is 11.1 Å². The number of nitrogen functional groups attached to an aromatic ring is 1. The number of carbonyl (C=O) groups is 1. The summed E-state index contributed by atoms with van der Waals surface area (Å²) in [5.41, 5.74) is 10.9. The van der Waals surface area contributed by atoms with Crippen LogP contribution in [0.1, 0.15) is 28.5 Å². The number of hydrogen-bond acceptors (Lipinski definition) is 6. The van der Waals surface area contributed by atoms with E-state index in [9.17, 15) is 9.90 Å². The van der Waals surface area contributed by atoms with Gasteiger partial charge >= 0.3 is 5.97 Å². The number of hydrogen-bond donors (Lipinski definition) is 2. The summed E-state index contributed by atoms with van der Waals surface area (Å²) < 4.78 is 9.45. The Morgan fingerprint density at radius 3 is 2.82 bits per heavy atom. The standard InChI is InChI=1S/C29H24N6O3/c30-28-22-5-2-4-20(21(22)9-11-31-28)17-7-8-26-24(13-17)25(33-35(26)19-10-12-38-16-19)15-34-27-18(14-32-34)3-1-6-23(27)29(36)37/h1-9,11,13-14,19H,10,12,15-16H2,(H2,30,31)(H,36,37). The fourth-order valence-corrected chi connectivity index (χ4v) is 5.54. The van der Waals surface area contributed by atoms with Gasteiger partial charge in [-0.15, -0.1) is 0 Å². The van der Waals surface area contributed by atoms with Crippen LogP contribution < -0.4 is 5.73 Å². The van der Waals surface area contributed by atoms with Gasteiger partial charge in [-0.25, -0.2) is 9.78 Å². The van der Waals surface area contributed by atoms with Gasteiger partial charge in [0.2, 0.25) is 0 Å². The van der Waals surface area contributed by atoms with Crippen molar-refractivity contribution in [2.24, 2.45) is 0 Å². The molecule has 0 bridgehead atoms. The molecule has 1 aliphatic rings. The molecule has 6 aromatic rings. The maximum Gasteiger partial charge on any atom is 0.337 e. The zero-order valence-electron chi connectivity index (χ0n) is 20.4. The van der Waals surface area contributed by atoms with Crippen LogP contribution in [-0.2, 0) is 11.3 Å². The smallest absolute Gasteiger partial charge is 0.337 e. The summed E-state index contributed by atoms with van der Waals surface area (Å²) in [6.07, 6.45) is 4.32. The number of aromatic carboxylic acids is 1. The van der Waals surface area contributed by atoms with Crippen LogP contribution in [0.5, 0.6) is 0 Å². The monoisotopic (exact) mass is 504 g/mol. The number of carboxylic acid groups (broad SMARTS) is 1. The van der Waals surface area contributed by atoms with E-state index in [1.807, 2.05) is 24.3 Å². The molecule has 38 heavy (non-hydrogen) atoms. The third kappa shape index (κ3) is 3.51. The molecule has 1 unspecified atom stereocenters. The number of nitrogens with two attached hydrogens (primary N) is 1. The minimum absolute atomic E-state index is 0.143. The minimum Gasteiger partial charge on any atom is -0.478 e. The Bertz CT molecular complexity index is 1870. The van der Waals surface area contributed by atoms with Crippen molar-refractivity contribution in [2.45, 2.75) is 19.0 Å². The summed E-state index contributed by atoms with van der Waals surface area (Å²) in [4.78, 5) is 16.2. The second kappa shape index (κ2) is 8.67. The predicted octanol–water partition coefficient (Wildman–Crippen LogP) is 4.89. The maximum atomic E-state index is 12.0. The summed E-state index contributed by atoms with van der Waals surface area (Å²) in [5.74, 6) is -0.484. The molecule has 0 saturated carbocycles. The van der Waals surface area contributed by atoms with Crippen LogP contribution in [-0.4, -0.2) is 48.8 Å². The number of fused-ring (bicyclic) bond motifs is 3. The van der Waals surface area contributed by atoms with Gasteiger partial charge in [-0.1, -0.05) is 36.4 Å². The lowest BCUT2D eigenvalue weighted by Gasteiger charge is -2.11. The quantitative estimate of drug-likeness (QED) is 0.343. The summed E-state index contributed by atoms with van der Waals surface area (Å²) in [5, 5.41) is 23.1. The molecule has 188 valence electrons. The number of para-hydroxylation sites is 1. The average Bonchev–Trinajstić information content (AvgIpc) is 3.68. The van der Waals surface area contributed by atoms with Crippen LogP contribution in [0.25, 0.3) is 43.7 Å². The Hall–Kier alpha value is -4.76. The van der Waals surface area contributed by atoms with Crippen molar-refractivity contribution in [2.75, 3.05) is 18.9 Å². The van der Waals surface area contributed by atoms with E-state index in [-0.39, 0.29) is 11.6 Å². The van der Waals surface area contributed by atoms with E-state index in [2.05, 4.69) is 39.0 Å². The van der Waals surface area contributed by atoms with Crippen LogP contribution in [0.3, 0.4) is 0 Å². The molecule has 9 heteroatoms. The number of benzene rings is 3. The van der Waals surface area contributed by atoms with Crippen molar-refractivity contribution < 1.29 is 14.6 Å². The minimum atomic E-state index is -0.983. The molecule has 3 N–H and O–H groups in total. The summed E-state index contributed by atoms with van der Waals surface area (Å²) in [7, 11) is 0. The molecule has 3 aromatic heterocycles. The molecule has 1 aliphatic heterocycles. The molecule has 0 radical (unpaired) electrons. The molecule has 0 amide bonds. The van der Waals surface area contributed by atoms with Gasteiger partial charge < -0.3 is 15.6 Å². The highest BCUT2D eigenvalue weighted by atomic mass is 16.5. The normalized spacial score (nSPS) is 15.6. The van der Waals surface area contributed by atoms with Crippen LogP contribution in [0, 0.1) is 0 Å². The summed E-state index contributed by atoms with van der Waals surface area (Å²) in [6, 6.07) is 19.8. The first-order valence-corrected chi connectivity index (χ1v) is 12.5. The van der Waals surface area contributed by atoms with E-state index in [1.54, 1.807) is 29.2 Å². The van der Waals surface area contributed by atoms with Crippen molar-refractivity contribution >= 4 is 44.4 Å². The first-order valence-electron chi connectivity index (χ1n) is 12.5. The number of ether oxygens (including phenoxy) is 1. The van der Waals surface area contributed by atoms with Crippen LogP contribution in [0.15, 0.2) is 73.1 Å². The van der Waals surface area contributed by atoms with Gasteiger partial charge in [-0.2, -0.15) is 10.2 Å². The zero-order chi connectivity index (χ0) is 25.8. The van der Waals surface area contributed by atoms with E-state index in [0.717, 1.165) is 50.3 Å². The molecule has 4 heterocycles. The second-order valence-corrected chi connectivity index (χ2v) is 9.59. The predicted molar refractivity (Wildman–Crippen MR) is 145 cm³/mol. The van der Waals surface area contributed by atoms with Gasteiger partial charge in [0.05, 0.1) is 47.7 Å². The van der Waals surface area contributed by atoms with E-state index >= 15 is 0 Å². The van der Waals surface area contributed by atoms with Crippen molar-refractivity contribution in [1.29, 1.82) is 0 Å². The van der Waals surface area contributed by atoms with Gasteiger partial charge in [0, 0.05) is 29.0 Å². The Kier molecular flexibility index (Phi) is 5.12. The number of aromatic nitrogens is 5. The zero-order valence-corrected chi connectivity index (χ0v) is 20.4. The molecule has 3 aromatic carbocycles. The lowest BCUT2D eigenvalue weighted by Crippen LogP contribution is -2.11. The van der Waals surface area contributed by atoms with Gasteiger partial charge in [0.25, 0.3) is 0 Å². The number of anilines is 1. The van der Waals surface area contributed by atoms with Gasteiger partial charge in [-0.3, -0.25) is 9.36 Å². The van der Waals surface area contributed by atoms with Crippen molar-refractivity contribution in [1.82, 2.24) is 24.5 Å². The maximum absolute atomic E-state index is 12.0. The van der Waals surface area contributed by atoms with E-state index in [0.29, 0.717) is 31.1 Å². The average molecular weight is 505 g/mol. The third-order valence-corrected chi connectivity index (χ3v) is 7.37. The highest BCUT2D eigenvalue weighted by Crippen LogP contribution is 2.35. The van der Waals surface area contributed by atoms with Gasteiger partial charge in [0.1, 0.15) is 5.82 Å². The molecule has 0 spiro atoms. The molecule has 1 saturated heterocycles. The van der Waals surface area contributed by atoms with Crippen molar-refractivity contribution in [3.05, 3.63) is 84.3 Å². The van der Waals surface area contributed by atoms with Crippen molar-refractivity contribution in [3.63, 3.8) is 0 Å². The molecule has 7 rings (SSSR count). The summed E-state index contributed by atoms with van der Waals surface area (Å²) in [6.45, 7) is 1.65. The fourth-order valence-electron chi connectivity index (χ4n) is 5.54. The van der Waals surface area contributed by atoms with Crippen LogP contribution >= 0.6 is 0 Å². The summed E-state index contributed by atoms with van der Waals surface area (Å²) >= 11 is 0. The number of pyridine rings is 1. The molecule has 1 fully saturated rings. The largest absolute Gasteiger partial charge is 0.478 e. The SMILES string of the molecule is Nc1nccc2c(-c3ccc4c(c3)c(Cn3ncc5cccc(C(=O)O)c53)nn4C3CCOC3)cccc12. The third-order valence-electron chi connectivity index (χ3n) is 7.37. The Morgan fingerprint density at radius 1 is 1.08 bits per heavy atom. The Morgan fingerprint density at radius 2 is 1.97 bits per heavy atom. The van der Waals surface area contributed by atoms with E-state index < -0.39 is 5.97 Å². The molecule has 0 aliphatic carbocycles. The molecular formula is C29H24N6O3. The van der Waals surface area contributed by atoms with Crippen LogP contribution in [0.2, 0.25) is 0 Å². The first-order chi connectivity index (χ1) is 18.6. The number of rotatable bonds is 5. The number of nitrogens with zero attached hydrogens (tertiary/aromatic N) is 5. The lowest BCUT2D eigenvalue weighted by molar-refractivity contribution is 0.0698. The van der Waals surface area contributed by atoms with Gasteiger partial charge in [0.15, 0.2) is 0 Å². The molecule has 1 atom stereocenters. The van der Waals surface area contributed by atoms with Crippen LogP contribution in [0.4, 0.5) is 5.82 Å². The molecular weight excluding hydrogens is 480 g/mol. The second-order valence-electron chi connectivity index (χ2n) is 9.59. The molecule has 9 nitrogen and oxygen atoms in total. The first kappa shape index (κ1) is 22.4. The van der Waals surface area contributed by atoms with E-state index in [4.69, 9.17) is 15.6 Å². The van der Waals surface area contributed by atoms with Gasteiger partial charge in [-0.05, 0) is 47.2 Å². The van der Waals surface area contributed by atoms with E-state index in [1.165, 1.54) is 0 Å². The lowest BCUT2D eigenvalue weighted by atomic mass is 9.97. The Labute approximate surface area is 217 Å². The topological polar surface area (TPSA) is 121 Å².